The molecule has 0 radical (unpaired) electrons. The molecular formula is C17H25NO5S. The molecule has 7 heteroatoms. The van der Waals surface area contributed by atoms with E-state index in [1.54, 1.807) is 0 Å². The molecule has 0 spiro atoms. The van der Waals surface area contributed by atoms with Crippen LogP contribution in [0.3, 0.4) is 0 Å². The van der Waals surface area contributed by atoms with Crippen molar-refractivity contribution >= 4 is 15.7 Å². The fraction of sp³-hybridized carbons (Fsp3) is 0.588. The molecule has 1 fully saturated rings. The van der Waals surface area contributed by atoms with Crippen LogP contribution in [0.5, 0.6) is 5.75 Å². The number of ether oxygens (including phenoxy) is 2. The van der Waals surface area contributed by atoms with E-state index in [1.807, 2.05) is 24.3 Å². The van der Waals surface area contributed by atoms with E-state index in [0.717, 1.165) is 43.6 Å². The molecule has 1 aromatic rings. The Morgan fingerprint density at radius 1 is 1.29 bits per heavy atom. The topological polar surface area (TPSA) is 95.7 Å². The zero-order valence-corrected chi connectivity index (χ0v) is 14.8. The predicted octanol–water partition coefficient (Wildman–Crippen LogP) is 1.32. The van der Waals surface area contributed by atoms with E-state index in [-0.39, 0.29) is 6.42 Å². The van der Waals surface area contributed by atoms with Crippen molar-refractivity contribution in [3.63, 3.8) is 0 Å². The number of benzene rings is 1. The number of sulfone groups is 1. The van der Waals surface area contributed by atoms with E-state index in [1.165, 1.54) is 0 Å². The molecular weight excluding hydrogens is 330 g/mol. The van der Waals surface area contributed by atoms with Crippen molar-refractivity contribution in [2.75, 3.05) is 26.1 Å². The number of amides is 1. The van der Waals surface area contributed by atoms with Crippen molar-refractivity contribution in [1.29, 1.82) is 0 Å². The number of rotatable bonds is 8. The van der Waals surface area contributed by atoms with Crippen LogP contribution in [-0.2, 0) is 25.8 Å². The van der Waals surface area contributed by atoms with Crippen molar-refractivity contribution in [1.82, 2.24) is 0 Å². The normalized spacial score (nSPS) is 17.4. The molecule has 134 valence electrons. The molecule has 1 heterocycles. The fourth-order valence-electron chi connectivity index (χ4n) is 2.74. The number of carbonyl (C=O) groups is 1. The third kappa shape index (κ3) is 5.79. The lowest BCUT2D eigenvalue weighted by molar-refractivity contribution is -0.117. The minimum absolute atomic E-state index is 0.191. The lowest BCUT2D eigenvalue weighted by Crippen LogP contribution is -2.35. The van der Waals surface area contributed by atoms with Crippen LogP contribution in [0, 0.1) is 5.92 Å². The van der Waals surface area contributed by atoms with Crippen LogP contribution in [0.2, 0.25) is 0 Å². The summed E-state index contributed by atoms with van der Waals surface area (Å²) in [5.41, 5.74) is 6.12. The van der Waals surface area contributed by atoms with Crippen LogP contribution in [0.1, 0.15) is 24.8 Å². The summed E-state index contributed by atoms with van der Waals surface area (Å²) < 4.78 is 34.2. The standard InChI is InChI=1S/C17H25NO5S/c1-24(20,21)16(17(18)19)7-4-13-2-5-15(6-3-13)23-12-14-8-10-22-11-9-14/h2-3,5-6,14,16H,4,7-12H2,1H3,(H2,18,19). The second kappa shape index (κ2) is 8.48. The summed E-state index contributed by atoms with van der Waals surface area (Å²) >= 11 is 0. The van der Waals surface area contributed by atoms with Crippen molar-refractivity contribution in [2.24, 2.45) is 11.7 Å². The minimum atomic E-state index is -3.47. The highest BCUT2D eigenvalue weighted by Gasteiger charge is 2.26. The van der Waals surface area contributed by atoms with Gasteiger partial charge < -0.3 is 15.2 Å². The quantitative estimate of drug-likeness (QED) is 0.759. The Balaban J connectivity index is 1.84. The molecule has 0 saturated carbocycles. The van der Waals surface area contributed by atoms with Crippen molar-refractivity contribution in [3.05, 3.63) is 29.8 Å². The van der Waals surface area contributed by atoms with Gasteiger partial charge in [-0.1, -0.05) is 12.1 Å². The minimum Gasteiger partial charge on any atom is -0.493 e. The molecule has 1 aliphatic rings. The van der Waals surface area contributed by atoms with Gasteiger partial charge >= 0.3 is 0 Å². The predicted molar refractivity (Wildman–Crippen MR) is 91.6 cm³/mol. The van der Waals surface area contributed by atoms with E-state index >= 15 is 0 Å². The highest BCUT2D eigenvalue weighted by molar-refractivity contribution is 7.92. The number of hydrogen-bond acceptors (Lipinski definition) is 5. The Labute approximate surface area is 143 Å². The Bertz CT molecular complexity index is 635. The molecule has 1 atom stereocenters. The maximum absolute atomic E-state index is 11.6. The highest BCUT2D eigenvalue weighted by Crippen LogP contribution is 2.19. The van der Waals surface area contributed by atoms with Gasteiger partial charge in [0.05, 0.1) is 6.61 Å². The van der Waals surface area contributed by atoms with E-state index in [9.17, 15) is 13.2 Å². The summed E-state index contributed by atoms with van der Waals surface area (Å²) in [4.78, 5) is 11.3. The van der Waals surface area contributed by atoms with Crippen LogP contribution in [-0.4, -0.2) is 45.7 Å². The molecule has 1 saturated heterocycles. The van der Waals surface area contributed by atoms with Gasteiger partial charge in [-0.2, -0.15) is 0 Å². The first-order chi connectivity index (χ1) is 11.4. The maximum Gasteiger partial charge on any atom is 0.235 e. The lowest BCUT2D eigenvalue weighted by atomic mass is 10.0. The van der Waals surface area contributed by atoms with Gasteiger partial charge in [-0.25, -0.2) is 8.42 Å². The summed E-state index contributed by atoms with van der Waals surface area (Å²) in [6, 6.07) is 7.52. The van der Waals surface area contributed by atoms with Gasteiger partial charge in [0.1, 0.15) is 11.0 Å². The average Bonchev–Trinajstić information content (AvgIpc) is 2.53. The van der Waals surface area contributed by atoms with Crippen LogP contribution in [0.15, 0.2) is 24.3 Å². The molecule has 6 nitrogen and oxygen atoms in total. The molecule has 0 aromatic heterocycles. The molecule has 2 rings (SSSR count). The molecule has 0 bridgehead atoms. The Kier molecular flexibility index (Phi) is 6.62. The number of primary amides is 1. The van der Waals surface area contributed by atoms with Crippen molar-refractivity contribution in [2.45, 2.75) is 30.9 Å². The van der Waals surface area contributed by atoms with Crippen molar-refractivity contribution in [3.8, 4) is 5.75 Å². The van der Waals surface area contributed by atoms with E-state index in [2.05, 4.69) is 0 Å². The second-order valence-electron chi connectivity index (χ2n) is 6.27. The van der Waals surface area contributed by atoms with Gasteiger partial charge in [0.2, 0.25) is 5.91 Å². The summed E-state index contributed by atoms with van der Waals surface area (Å²) in [6.07, 6.45) is 3.75. The van der Waals surface area contributed by atoms with Crippen LogP contribution < -0.4 is 10.5 Å². The van der Waals surface area contributed by atoms with Gasteiger partial charge in [-0.3, -0.25) is 4.79 Å². The van der Waals surface area contributed by atoms with E-state index in [0.29, 0.717) is 18.9 Å². The van der Waals surface area contributed by atoms with Gasteiger partial charge in [0.25, 0.3) is 0 Å². The fourth-order valence-corrected chi connectivity index (χ4v) is 3.71. The van der Waals surface area contributed by atoms with Gasteiger partial charge in [0, 0.05) is 19.5 Å². The summed E-state index contributed by atoms with van der Waals surface area (Å²) in [5.74, 6) is 0.526. The first-order valence-corrected chi connectivity index (χ1v) is 10.1. The van der Waals surface area contributed by atoms with E-state index in [4.69, 9.17) is 15.2 Å². The number of nitrogens with two attached hydrogens (primary N) is 1. The SMILES string of the molecule is CS(=O)(=O)C(CCc1ccc(OCC2CCOCC2)cc1)C(N)=O. The molecule has 1 amide bonds. The number of hydrogen-bond donors (Lipinski definition) is 1. The summed E-state index contributed by atoms with van der Waals surface area (Å²) in [7, 11) is -3.47. The molecule has 2 N–H and O–H groups in total. The van der Waals surface area contributed by atoms with Gasteiger partial charge in [-0.15, -0.1) is 0 Å². The van der Waals surface area contributed by atoms with Crippen molar-refractivity contribution < 1.29 is 22.7 Å². The summed E-state index contributed by atoms with van der Waals surface area (Å²) in [5, 5.41) is -1.14. The van der Waals surface area contributed by atoms with Crippen LogP contribution in [0.25, 0.3) is 0 Å². The monoisotopic (exact) mass is 355 g/mol. The number of aryl methyl sites for hydroxylation is 1. The first kappa shape index (κ1) is 18.7. The van der Waals surface area contributed by atoms with Crippen LogP contribution in [0.4, 0.5) is 0 Å². The third-order valence-electron chi connectivity index (χ3n) is 4.28. The Morgan fingerprint density at radius 2 is 1.92 bits per heavy atom. The molecule has 24 heavy (non-hydrogen) atoms. The molecule has 0 aliphatic carbocycles. The van der Waals surface area contributed by atoms with Gasteiger partial charge in [-0.05, 0) is 49.3 Å². The zero-order valence-electron chi connectivity index (χ0n) is 13.9. The summed E-state index contributed by atoms with van der Waals surface area (Å²) in [6.45, 7) is 2.28. The van der Waals surface area contributed by atoms with E-state index < -0.39 is 21.0 Å². The second-order valence-corrected chi connectivity index (χ2v) is 8.50. The average molecular weight is 355 g/mol. The smallest absolute Gasteiger partial charge is 0.235 e. The largest absolute Gasteiger partial charge is 0.493 e. The maximum atomic E-state index is 11.6. The molecule has 1 aromatic carbocycles. The number of carbonyl (C=O) groups excluding carboxylic acids is 1. The van der Waals surface area contributed by atoms with Gasteiger partial charge in [0.15, 0.2) is 9.84 Å². The molecule has 1 aliphatic heterocycles. The first-order valence-electron chi connectivity index (χ1n) is 8.14. The Hall–Kier alpha value is -1.60. The van der Waals surface area contributed by atoms with Crippen LogP contribution >= 0.6 is 0 Å². The Morgan fingerprint density at radius 3 is 2.46 bits per heavy atom. The molecule has 1 unspecified atom stereocenters. The lowest BCUT2D eigenvalue weighted by Gasteiger charge is -2.22. The zero-order chi connectivity index (χ0) is 17.6. The highest BCUT2D eigenvalue weighted by atomic mass is 32.2. The third-order valence-corrected chi connectivity index (χ3v) is 5.78.